The number of aryl methyl sites for hydroxylation is 1. The molecule has 0 bridgehead atoms. The molecule has 0 fully saturated rings. The SMILES string of the molecule is O=c1oc(=O)n(CCCCCBr)c2ccccc12. The predicted octanol–water partition coefficient (Wildman–Crippen LogP) is 2.52. The highest BCUT2D eigenvalue weighted by Crippen LogP contribution is 2.09. The molecule has 0 aliphatic rings. The van der Waals surface area contributed by atoms with Crippen molar-refractivity contribution in [2.75, 3.05) is 5.33 Å². The third-order valence-electron chi connectivity index (χ3n) is 2.83. The molecule has 0 aliphatic carbocycles. The van der Waals surface area contributed by atoms with E-state index in [1.165, 1.54) is 4.57 Å². The number of aromatic nitrogens is 1. The van der Waals surface area contributed by atoms with Crippen LogP contribution in [0.3, 0.4) is 0 Å². The number of hydrogen-bond donors (Lipinski definition) is 0. The molecule has 0 radical (unpaired) electrons. The third kappa shape index (κ3) is 2.72. The van der Waals surface area contributed by atoms with Crippen molar-refractivity contribution in [3.05, 3.63) is 45.2 Å². The Kier molecular flexibility index (Phi) is 4.36. The minimum atomic E-state index is -0.572. The maximum absolute atomic E-state index is 11.7. The van der Waals surface area contributed by atoms with Gasteiger partial charge in [0.1, 0.15) is 0 Å². The fourth-order valence-electron chi connectivity index (χ4n) is 1.92. The Balaban J connectivity index is 2.37. The van der Waals surface area contributed by atoms with Crippen LogP contribution >= 0.6 is 15.9 Å². The molecule has 5 heteroatoms. The van der Waals surface area contributed by atoms with E-state index in [1.54, 1.807) is 18.2 Å². The molecular formula is C13H14BrNO3. The van der Waals surface area contributed by atoms with Crippen molar-refractivity contribution >= 4 is 26.8 Å². The summed E-state index contributed by atoms with van der Waals surface area (Å²) < 4.78 is 6.25. The molecule has 1 heterocycles. The first-order valence-corrected chi connectivity index (χ1v) is 7.05. The molecule has 0 saturated carbocycles. The molecule has 0 aliphatic heterocycles. The molecule has 1 aromatic heterocycles. The lowest BCUT2D eigenvalue weighted by molar-refractivity contribution is 0.410. The van der Waals surface area contributed by atoms with Crippen LogP contribution in [0.1, 0.15) is 19.3 Å². The summed E-state index contributed by atoms with van der Waals surface area (Å²) in [5.74, 6) is -0.572. The van der Waals surface area contributed by atoms with Gasteiger partial charge in [-0.3, -0.25) is 4.57 Å². The van der Waals surface area contributed by atoms with Gasteiger partial charge in [0.25, 0.3) is 0 Å². The third-order valence-corrected chi connectivity index (χ3v) is 3.39. The highest BCUT2D eigenvalue weighted by Gasteiger charge is 2.07. The first-order valence-electron chi connectivity index (χ1n) is 5.92. The van der Waals surface area contributed by atoms with Crippen molar-refractivity contribution in [2.45, 2.75) is 25.8 Å². The molecule has 4 nitrogen and oxygen atoms in total. The Morgan fingerprint density at radius 1 is 1.11 bits per heavy atom. The number of alkyl halides is 1. The zero-order valence-electron chi connectivity index (χ0n) is 9.89. The molecule has 2 aromatic rings. The van der Waals surface area contributed by atoms with Gasteiger partial charge >= 0.3 is 11.4 Å². The van der Waals surface area contributed by atoms with Gasteiger partial charge in [-0.2, -0.15) is 0 Å². The van der Waals surface area contributed by atoms with Gasteiger partial charge < -0.3 is 4.42 Å². The number of benzene rings is 1. The van der Waals surface area contributed by atoms with Crippen molar-refractivity contribution in [3.63, 3.8) is 0 Å². The van der Waals surface area contributed by atoms with Gasteiger partial charge in [-0.1, -0.05) is 34.5 Å². The topological polar surface area (TPSA) is 52.2 Å². The van der Waals surface area contributed by atoms with Gasteiger partial charge in [0.2, 0.25) is 0 Å². The molecule has 18 heavy (non-hydrogen) atoms. The second-order valence-corrected chi connectivity index (χ2v) is 4.87. The molecule has 2 rings (SSSR count). The normalized spacial score (nSPS) is 10.9. The number of rotatable bonds is 5. The largest absolute Gasteiger partial charge is 0.422 e. The number of halogens is 1. The molecule has 0 amide bonds. The summed E-state index contributed by atoms with van der Waals surface area (Å²) in [4.78, 5) is 23.2. The smallest absolute Gasteiger partial charge is 0.372 e. The quantitative estimate of drug-likeness (QED) is 0.630. The number of unbranched alkanes of at least 4 members (excludes halogenated alkanes) is 2. The van der Waals surface area contributed by atoms with Crippen LogP contribution in [-0.4, -0.2) is 9.90 Å². The van der Waals surface area contributed by atoms with Crippen LogP contribution in [0.25, 0.3) is 10.9 Å². The number of hydrogen-bond acceptors (Lipinski definition) is 3. The average Bonchev–Trinajstić information content (AvgIpc) is 2.38. The van der Waals surface area contributed by atoms with Crippen molar-refractivity contribution in [2.24, 2.45) is 0 Å². The zero-order valence-corrected chi connectivity index (χ0v) is 11.5. The number of para-hydroxylation sites is 1. The van der Waals surface area contributed by atoms with Gasteiger partial charge in [-0.15, -0.1) is 0 Å². The summed E-state index contributed by atoms with van der Waals surface area (Å²) >= 11 is 3.37. The van der Waals surface area contributed by atoms with E-state index >= 15 is 0 Å². The van der Waals surface area contributed by atoms with Gasteiger partial charge in [0, 0.05) is 11.9 Å². The maximum atomic E-state index is 11.7. The van der Waals surface area contributed by atoms with Crippen molar-refractivity contribution in [1.29, 1.82) is 0 Å². The Hall–Kier alpha value is -1.36. The maximum Gasteiger partial charge on any atom is 0.422 e. The predicted molar refractivity (Wildman–Crippen MR) is 74.4 cm³/mol. The molecule has 0 unspecified atom stereocenters. The van der Waals surface area contributed by atoms with Gasteiger partial charge in [-0.25, -0.2) is 9.59 Å². The standard InChI is InChI=1S/C13H14BrNO3/c14-8-4-1-5-9-15-11-7-3-2-6-10(11)12(16)18-13(15)17/h2-3,6-7H,1,4-5,8-9H2. The van der Waals surface area contributed by atoms with Crippen molar-refractivity contribution in [1.82, 2.24) is 4.57 Å². The van der Waals surface area contributed by atoms with E-state index in [9.17, 15) is 9.59 Å². The Labute approximate surface area is 112 Å². The fraction of sp³-hybridized carbons (Fsp3) is 0.385. The lowest BCUT2D eigenvalue weighted by Gasteiger charge is -2.07. The lowest BCUT2D eigenvalue weighted by atomic mass is 10.2. The summed E-state index contributed by atoms with van der Waals surface area (Å²) in [7, 11) is 0. The minimum absolute atomic E-state index is 0.456. The second-order valence-electron chi connectivity index (χ2n) is 4.07. The molecule has 0 spiro atoms. The van der Waals surface area contributed by atoms with E-state index in [-0.39, 0.29) is 0 Å². The second kappa shape index (κ2) is 6.00. The minimum Gasteiger partial charge on any atom is -0.372 e. The van der Waals surface area contributed by atoms with Crippen LogP contribution in [0.5, 0.6) is 0 Å². The van der Waals surface area contributed by atoms with Crippen LogP contribution in [0.4, 0.5) is 0 Å². The van der Waals surface area contributed by atoms with Crippen molar-refractivity contribution in [3.8, 4) is 0 Å². The lowest BCUT2D eigenvalue weighted by Crippen LogP contribution is -2.25. The van der Waals surface area contributed by atoms with Crippen molar-refractivity contribution < 1.29 is 4.42 Å². The summed E-state index contributed by atoms with van der Waals surface area (Å²) in [6.45, 7) is 0.579. The molecular weight excluding hydrogens is 298 g/mol. The van der Waals surface area contributed by atoms with E-state index < -0.39 is 11.4 Å². The van der Waals surface area contributed by atoms with Gasteiger partial charge in [-0.05, 0) is 25.0 Å². The van der Waals surface area contributed by atoms with Crippen LogP contribution in [0.15, 0.2) is 38.3 Å². The van der Waals surface area contributed by atoms with E-state index in [2.05, 4.69) is 15.9 Å². The van der Waals surface area contributed by atoms with E-state index in [0.717, 1.165) is 24.6 Å². The van der Waals surface area contributed by atoms with E-state index in [0.29, 0.717) is 17.4 Å². The van der Waals surface area contributed by atoms with Crippen LogP contribution in [0, 0.1) is 0 Å². The van der Waals surface area contributed by atoms with Crippen LogP contribution in [0.2, 0.25) is 0 Å². The molecule has 0 saturated heterocycles. The number of nitrogens with zero attached hydrogens (tertiary/aromatic N) is 1. The monoisotopic (exact) mass is 311 g/mol. The van der Waals surface area contributed by atoms with Gasteiger partial charge in [0.05, 0.1) is 10.9 Å². The fourth-order valence-corrected chi connectivity index (χ4v) is 2.32. The summed E-state index contributed by atoms with van der Waals surface area (Å²) in [6.07, 6.45) is 3.00. The molecule has 1 aromatic carbocycles. The molecule has 0 N–H and O–H groups in total. The van der Waals surface area contributed by atoms with E-state index in [1.807, 2.05) is 6.07 Å². The highest BCUT2D eigenvalue weighted by atomic mass is 79.9. The van der Waals surface area contributed by atoms with Crippen LogP contribution in [-0.2, 0) is 6.54 Å². The Morgan fingerprint density at radius 2 is 1.89 bits per heavy atom. The van der Waals surface area contributed by atoms with Crippen LogP contribution < -0.4 is 11.4 Å². The summed E-state index contributed by atoms with van der Waals surface area (Å²) in [6, 6.07) is 7.03. The molecule has 0 atom stereocenters. The number of fused-ring (bicyclic) bond motifs is 1. The zero-order chi connectivity index (χ0) is 13.0. The van der Waals surface area contributed by atoms with Gasteiger partial charge in [0.15, 0.2) is 0 Å². The first kappa shape index (κ1) is 13.1. The molecule has 96 valence electrons. The average molecular weight is 312 g/mol. The summed E-state index contributed by atoms with van der Waals surface area (Å²) in [5, 5.41) is 1.42. The summed E-state index contributed by atoms with van der Waals surface area (Å²) in [5.41, 5.74) is 0.0879. The Bertz CT molecular complexity index is 644. The first-order chi connectivity index (χ1) is 8.74. The van der Waals surface area contributed by atoms with E-state index in [4.69, 9.17) is 4.42 Å². The highest BCUT2D eigenvalue weighted by molar-refractivity contribution is 9.09. The Morgan fingerprint density at radius 3 is 2.67 bits per heavy atom.